The van der Waals surface area contributed by atoms with Crippen LogP contribution in [0.2, 0.25) is 0 Å². The smallest absolute Gasteiger partial charge is 0.0480 e. The van der Waals surface area contributed by atoms with Gasteiger partial charge >= 0.3 is 0 Å². The van der Waals surface area contributed by atoms with Crippen LogP contribution in [0.25, 0.3) is 0 Å². The highest BCUT2D eigenvalue weighted by molar-refractivity contribution is 4.72. The van der Waals surface area contributed by atoms with Crippen molar-refractivity contribution < 1.29 is 4.74 Å². The Hall–Kier alpha value is -0.120. The first-order chi connectivity index (χ1) is 8.77. The maximum absolute atomic E-state index is 5.39. The van der Waals surface area contributed by atoms with Gasteiger partial charge in [-0.05, 0) is 39.2 Å². The van der Waals surface area contributed by atoms with E-state index < -0.39 is 0 Å². The molecule has 1 N–H and O–H groups in total. The third kappa shape index (κ3) is 6.17. The Morgan fingerprint density at radius 2 is 1.94 bits per heavy atom. The van der Waals surface area contributed by atoms with Gasteiger partial charge in [0.05, 0.1) is 0 Å². The minimum atomic E-state index is 0.684. The zero-order valence-corrected chi connectivity index (χ0v) is 12.6. The quantitative estimate of drug-likeness (QED) is 0.686. The lowest BCUT2D eigenvalue weighted by molar-refractivity contribution is 0.0766. The predicted molar refractivity (Wildman–Crippen MR) is 78.1 cm³/mol. The van der Waals surface area contributed by atoms with Gasteiger partial charge in [0, 0.05) is 38.4 Å². The summed E-state index contributed by atoms with van der Waals surface area (Å²) in [7, 11) is 0. The fourth-order valence-corrected chi connectivity index (χ4v) is 2.49. The molecular weight excluding hydrogens is 224 g/mol. The van der Waals surface area contributed by atoms with E-state index in [-0.39, 0.29) is 0 Å². The second-order valence-electron chi connectivity index (χ2n) is 5.49. The number of rotatable bonds is 9. The van der Waals surface area contributed by atoms with Crippen LogP contribution in [0.4, 0.5) is 0 Å². The van der Waals surface area contributed by atoms with E-state index in [4.69, 9.17) is 4.74 Å². The topological polar surface area (TPSA) is 24.5 Å². The molecule has 1 heterocycles. The third-order valence-corrected chi connectivity index (χ3v) is 4.07. The average Bonchev–Trinajstić information content (AvgIpc) is 2.43. The normalized spacial score (nSPS) is 19.3. The van der Waals surface area contributed by atoms with Crippen molar-refractivity contribution in [3.8, 4) is 0 Å². The molecule has 0 aromatic carbocycles. The molecule has 0 aliphatic carbocycles. The summed E-state index contributed by atoms with van der Waals surface area (Å²) in [4.78, 5) is 2.63. The minimum absolute atomic E-state index is 0.684. The van der Waals surface area contributed by atoms with Gasteiger partial charge in [0.1, 0.15) is 0 Å². The summed E-state index contributed by atoms with van der Waals surface area (Å²) in [6.45, 7) is 12.3. The van der Waals surface area contributed by atoms with Gasteiger partial charge in [0.2, 0.25) is 0 Å². The van der Waals surface area contributed by atoms with E-state index in [9.17, 15) is 0 Å². The fraction of sp³-hybridized carbons (Fsp3) is 1.00. The van der Waals surface area contributed by atoms with E-state index >= 15 is 0 Å². The van der Waals surface area contributed by atoms with Crippen LogP contribution in [0.3, 0.4) is 0 Å². The van der Waals surface area contributed by atoms with Crippen LogP contribution in [0, 0.1) is 0 Å². The van der Waals surface area contributed by atoms with Crippen LogP contribution in [0.5, 0.6) is 0 Å². The Labute approximate surface area is 113 Å². The lowest BCUT2D eigenvalue weighted by atomic mass is 10.1. The van der Waals surface area contributed by atoms with Gasteiger partial charge in [-0.15, -0.1) is 0 Å². The van der Waals surface area contributed by atoms with Crippen LogP contribution >= 0.6 is 0 Å². The summed E-state index contributed by atoms with van der Waals surface area (Å²) >= 11 is 0. The predicted octanol–water partition coefficient (Wildman–Crippen LogP) is 2.66. The highest BCUT2D eigenvalue weighted by Crippen LogP contribution is 2.07. The van der Waals surface area contributed by atoms with Crippen molar-refractivity contribution >= 4 is 0 Å². The Balaban J connectivity index is 2.18. The van der Waals surface area contributed by atoms with Gasteiger partial charge in [0.15, 0.2) is 0 Å². The van der Waals surface area contributed by atoms with E-state index in [1.807, 2.05) is 0 Å². The van der Waals surface area contributed by atoms with Crippen LogP contribution in [0.1, 0.15) is 52.9 Å². The second-order valence-corrected chi connectivity index (χ2v) is 5.49. The van der Waals surface area contributed by atoms with Crippen molar-refractivity contribution in [1.82, 2.24) is 10.2 Å². The number of nitrogens with one attached hydrogen (secondary N) is 1. The Morgan fingerprint density at radius 1 is 1.22 bits per heavy atom. The molecule has 108 valence electrons. The van der Waals surface area contributed by atoms with Gasteiger partial charge < -0.3 is 10.1 Å². The zero-order chi connectivity index (χ0) is 13.2. The molecule has 0 radical (unpaired) electrons. The fourth-order valence-electron chi connectivity index (χ4n) is 2.49. The number of hydrogen-bond acceptors (Lipinski definition) is 3. The van der Waals surface area contributed by atoms with Gasteiger partial charge in [-0.3, -0.25) is 4.90 Å². The van der Waals surface area contributed by atoms with Gasteiger partial charge in [-0.2, -0.15) is 0 Å². The summed E-state index contributed by atoms with van der Waals surface area (Å²) in [5.74, 6) is 0. The zero-order valence-electron chi connectivity index (χ0n) is 12.6. The first kappa shape index (κ1) is 15.9. The summed E-state index contributed by atoms with van der Waals surface area (Å²) in [5, 5.41) is 3.69. The molecule has 1 aliphatic heterocycles. The number of nitrogens with zero attached hydrogens (tertiary/aromatic N) is 1. The van der Waals surface area contributed by atoms with E-state index in [1.54, 1.807) is 0 Å². The molecule has 0 saturated carbocycles. The average molecular weight is 256 g/mol. The second kappa shape index (κ2) is 9.76. The Kier molecular flexibility index (Phi) is 8.64. The highest BCUT2D eigenvalue weighted by Gasteiger charge is 2.14. The summed E-state index contributed by atoms with van der Waals surface area (Å²) in [6, 6.07) is 1.40. The highest BCUT2D eigenvalue weighted by atomic mass is 16.5. The first-order valence-electron chi connectivity index (χ1n) is 7.83. The molecule has 0 amide bonds. The van der Waals surface area contributed by atoms with Crippen molar-refractivity contribution in [3.05, 3.63) is 0 Å². The minimum Gasteiger partial charge on any atom is -0.381 e. The van der Waals surface area contributed by atoms with Gasteiger partial charge in [-0.1, -0.05) is 20.3 Å². The molecule has 0 aromatic heterocycles. The molecule has 1 aliphatic rings. The molecule has 0 aromatic rings. The monoisotopic (exact) mass is 256 g/mol. The first-order valence-corrected chi connectivity index (χ1v) is 7.83. The molecule has 1 atom stereocenters. The van der Waals surface area contributed by atoms with Crippen LogP contribution in [0.15, 0.2) is 0 Å². The molecule has 1 unspecified atom stereocenters. The van der Waals surface area contributed by atoms with E-state index in [1.165, 1.54) is 45.2 Å². The van der Waals surface area contributed by atoms with E-state index in [0.29, 0.717) is 12.1 Å². The molecule has 1 fully saturated rings. The summed E-state index contributed by atoms with van der Waals surface area (Å²) in [6.07, 6.45) is 6.22. The maximum atomic E-state index is 5.39. The molecule has 1 saturated heterocycles. The number of ether oxygens (including phenoxy) is 1. The van der Waals surface area contributed by atoms with Crippen molar-refractivity contribution in [2.45, 2.75) is 65.0 Å². The van der Waals surface area contributed by atoms with Gasteiger partial charge in [0.25, 0.3) is 0 Å². The molecule has 18 heavy (non-hydrogen) atoms. The van der Waals surface area contributed by atoms with Crippen molar-refractivity contribution in [2.24, 2.45) is 0 Å². The number of hydrogen-bond donors (Lipinski definition) is 1. The lowest BCUT2D eigenvalue weighted by Crippen LogP contribution is -2.42. The SMILES string of the molecule is CCCCN(CCNC1CCOCC1)C(C)CC. The Bertz CT molecular complexity index is 193. The van der Waals surface area contributed by atoms with Crippen LogP contribution < -0.4 is 5.32 Å². The van der Waals surface area contributed by atoms with E-state index in [2.05, 4.69) is 31.0 Å². The third-order valence-electron chi connectivity index (χ3n) is 4.07. The molecule has 0 spiro atoms. The molecule has 1 rings (SSSR count). The lowest BCUT2D eigenvalue weighted by Gasteiger charge is -2.30. The van der Waals surface area contributed by atoms with Gasteiger partial charge in [-0.25, -0.2) is 0 Å². The molecule has 3 nitrogen and oxygen atoms in total. The van der Waals surface area contributed by atoms with Crippen molar-refractivity contribution in [2.75, 3.05) is 32.8 Å². The standard InChI is InChI=1S/C15H32N2O/c1-4-6-10-17(14(3)5-2)11-9-16-15-7-12-18-13-8-15/h14-16H,4-13H2,1-3H3. The molecular formula is C15H32N2O. The van der Waals surface area contributed by atoms with Crippen molar-refractivity contribution in [3.63, 3.8) is 0 Å². The maximum Gasteiger partial charge on any atom is 0.0480 e. The summed E-state index contributed by atoms with van der Waals surface area (Å²) < 4.78 is 5.39. The molecule has 0 bridgehead atoms. The van der Waals surface area contributed by atoms with Crippen molar-refractivity contribution in [1.29, 1.82) is 0 Å². The van der Waals surface area contributed by atoms with E-state index in [0.717, 1.165) is 19.8 Å². The summed E-state index contributed by atoms with van der Waals surface area (Å²) in [5.41, 5.74) is 0. The van der Waals surface area contributed by atoms with Crippen LogP contribution in [-0.2, 0) is 4.74 Å². The molecule has 3 heteroatoms. The van der Waals surface area contributed by atoms with Crippen LogP contribution in [-0.4, -0.2) is 49.8 Å². The Morgan fingerprint density at radius 3 is 2.56 bits per heavy atom. The largest absolute Gasteiger partial charge is 0.381 e. The number of unbranched alkanes of at least 4 members (excludes halogenated alkanes) is 1.